The van der Waals surface area contributed by atoms with Crippen molar-refractivity contribution in [1.82, 2.24) is 9.13 Å². The Bertz CT molecular complexity index is 634. The summed E-state index contributed by atoms with van der Waals surface area (Å²) in [4.78, 5) is 0. The number of nitrogens with zero attached hydrogens (tertiary/aromatic N) is 2. The Hall–Kier alpha value is 0.884. The van der Waals surface area contributed by atoms with Crippen LogP contribution in [0.2, 0.25) is 26.2 Å². The molecule has 0 radical (unpaired) electrons. The van der Waals surface area contributed by atoms with E-state index < -0.39 is 16.5 Å². The molecule has 0 N–H and O–H groups in total. The number of halogens is 2. The minimum Gasteiger partial charge on any atom is -1.00 e. The van der Waals surface area contributed by atoms with Crippen LogP contribution in [0.5, 0.6) is 0 Å². The fourth-order valence-corrected chi connectivity index (χ4v) is 13.4. The van der Waals surface area contributed by atoms with Gasteiger partial charge in [-0.15, -0.1) is 10.4 Å². The summed E-state index contributed by atoms with van der Waals surface area (Å²) in [5.74, 6) is 0. The molecular weight excluding hydrogens is 735 g/mol. The Morgan fingerprint density at radius 3 is 0.818 bits per heavy atom. The van der Waals surface area contributed by atoms with Crippen LogP contribution in [0.1, 0.15) is 55.4 Å². The van der Waals surface area contributed by atoms with Crippen molar-refractivity contribution in [2.24, 2.45) is 0 Å². The minimum absolute atomic E-state index is 0. The molecule has 2 aromatic carbocycles. The molecule has 7 heteroatoms. The van der Waals surface area contributed by atoms with Gasteiger partial charge in [0, 0.05) is 0 Å². The van der Waals surface area contributed by atoms with Crippen LogP contribution < -0.4 is 44.3 Å². The van der Waals surface area contributed by atoms with Gasteiger partial charge < -0.3 is 43.1 Å². The topological polar surface area (TPSA) is 6.48 Å². The molecule has 0 atom stereocenters. The van der Waals surface area contributed by atoms with Gasteiger partial charge in [-0.1, -0.05) is 81.6 Å². The van der Waals surface area contributed by atoms with Crippen molar-refractivity contribution in [2.75, 3.05) is 0 Å². The zero-order chi connectivity index (χ0) is 23.3. The zero-order valence-corrected chi connectivity index (χ0v) is 31.8. The molecule has 0 aliphatic rings. The second kappa shape index (κ2) is 16.6. The van der Waals surface area contributed by atoms with Crippen molar-refractivity contribution >= 4 is 26.8 Å². The molecule has 0 unspecified atom stereocenters. The largest absolute Gasteiger partial charge is 4.00 e. The maximum absolute atomic E-state index is 2.70. The van der Waals surface area contributed by atoms with E-state index in [-0.39, 0.29) is 59.8 Å². The van der Waals surface area contributed by atoms with E-state index in [4.69, 9.17) is 0 Å². The van der Waals surface area contributed by atoms with Crippen LogP contribution in [0.4, 0.5) is 0 Å². The van der Waals surface area contributed by atoms with Crippen LogP contribution in [-0.4, -0.2) is 49.8 Å². The average molecular weight is 783 g/mol. The Kier molecular flexibility index (Phi) is 19.3. The first-order chi connectivity index (χ1) is 13.7. The summed E-state index contributed by atoms with van der Waals surface area (Å²) in [6, 6.07) is 20.3. The standard InChI is InChI=1S/2C13H24NSi.2BrH.Hf/c2*1-11(2)14(12(3)4)15(5,6)13-9-7-8-10-13;;;/h2*7-12H,1-6H3;2*1H;/q2*-1;;;+4/p-2. The van der Waals surface area contributed by atoms with Crippen molar-refractivity contribution in [3.8, 4) is 0 Å². The average Bonchev–Trinajstić information content (AvgIpc) is 3.28. The zero-order valence-electron chi connectivity index (χ0n) is 23.1. The van der Waals surface area contributed by atoms with E-state index in [0.717, 1.165) is 0 Å². The Balaban J connectivity index is -0.000000500. The smallest absolute Gasteiger partial charge is 1.00 e. The van der Waals surface area contributed by atoms with Gasteiger partial charge in [-0.25, -0.2) is 24.3 Å². The SMILES string of the molecule is CC(C)N(C(C)C)[Si](C)(C)[c-]1cccc1.CC(C)N(C(C)C)[Si](C)(C)[c-]1cccc1.[Br-].[Br-].[Hf+4]. The first-order valence-corrected chi connectivity index (χ1v) is 17.6. The van der Waals surface area contributed by atoms with Gasteiger partial charge in [0.2, 0.25) is 0 Å². The van der Waals surface area contributed by atoms with E-state index in [9.17, 15) is 0 Å². The fraction of sp³-hybridized carbons (Fsp3) is 0.615. The fourth-order valence-electron chi connectivity index (χ4n) is 5.64. The van der Waals surface area contributed by atoms with Crippen LogP contribution in [0.15, 0.2) is 48.5 Å². The van der Waals surface area contributed by atoms with Crippen LogP contribution in [0.3, 0.4) is 0 Å². The Labute approximate surface area is 248 Å². The molecule has 0 saturated carbocycles. The van der Waals surface area contributed by atoms with E-state index in [1.165, 1.54) is 0 Å². The third-order valence-electron chi connectivity index (χ3n) is 6.25. The molecule has 0 amide bonds. The molecule has 0 heterocycles. The molecule has 188 valence electrons. The molecule has 33 heavy (non-hydrogen) atoms. The second-order valence-corrected chi connectivity index (χ2v) is 19.1. The maximum Gasteiger partial charge on any atom is 4.00 e. The number of hydrogen-bond acceptors (Lipinski definition) is 2. The summed E-state index contributed by atoms with van der Waals surface area (Å²) in [5, 5.41) is 3.09. The summed E-state index contributed by atoms with van der Waals surface area (Å²) in [5.41, 5.74) is 0. The van der Waals surface area contributed by atoms with Crippen molar-refractivity contribution < 1.29 is 59.8 Å². The summed E-state index contributed by atoms with van der Waals surface area (Å²) in [6.07, 6.45) is 0. The first kappa shape index (κ1) is 38.4. The Morgan fingerprint density at radius 2 is 0.667 bits per heavy atom. The maximum atomic E-state index is 2.70. The predicted molar refractivity (Wildman–Crippen MR) is 143 cm³/mol. The normalized spacial score (nSPS) is 11.9. The van der Waals surface area contributed by atoms with Gasteiger partial charge in [-0.3, -0.25) is 0 Å². The monoisotopic (exact) mass is 782 g/mol. The van der Waals surface area contributed by atoms with Gasteiger partial charge in [-0.05, 0) is 24.2 Å². The van der Waals surface area contributed by atoms with E-state index in [1.807, 2.05) is 0 Å². The third kappa shape index (κ3) is 10.4. The van der Waals surface area contributed by atoms with Crippen molar-refractivity contribution in [3.63, 3.8) is 0 Å². The van der Waals surface area contributed by atoms with Crippen molar-refractivity contribution in [1.29, 1.82) is 0 Å². The van der Waals surface area contributed by atoms with Crippen molar-refractivity contribution in [3.05, 3.63) is 48.5 Å². The van der Waals surface area contributed by atoms with Crippen molar-refractivity contribution in [2.45, 2.75) is 106 Å². The molecular formula is C26H48Br2HfN2Si2. The van der Waals surface area contributed by atoms with Gasteiger partial charge in [-0.2, -0.15) is 24.3 Å². The van der Waals surface area contributed by atoms with E-state index in [1.54, 1.807) is 10.4 Å². The molecule has 0 aromatic heterocycles. The third-order valence-corrected chi connectivity index (χ3v) is 14.4. The molecule has 0 spiro atoms. The first-order valence-electron chi connectivity index (χ1n) is 11.8. The summed E-state index contributed by atoms with van der Waals surface area (Å²) in [7, 11) is -2.90. The molecule has 0 fully saturated rings. The predicted octanol–water partition coefficient (Wildman–Crippen LogP) is -0.122. The quantitative estimate of drug-likeness (QED) is 0.273. The molecule has 0 aliphatic carbocycles. The van der Waals surface area contributed by atoms with Gasteiger partial charge in [0.25, 0.3) is 0 Å². The van der Waals surface area contributed by atoms with Crippen LogP contribution in [0.25, 0.3) is 0 Å². The van der Waals surface area contributed by atoms with Crippen LogP contribution in [0, 0.1) is 0 Å². The van der Waals surface area contributed by atoms with Gasteiger partial charge in [0.05, 0.1) is 16.5 Å². The summed E-state index contributed by atoms with van der Waals surface area (Å²) >= 11 is 0. The van der Waals surface area contributed by atoms with E-state index >= 15 is 0 Å². The molecule has 2 rings (SSSR count). The van der Waals surface area contributed by atoms with E-state index in [0.29, 0.717) is 24.2 Å². The van der Waals surface area contributed by atoms with Gasteiger partial charge in [0.15, 0.2) is 0 Å². The second-order valence-electron chi connectivity index (χ2n) is 10.7. The molecule has 0 aliphatic heterocycles. The minimum atomic E-state index is -1.45. The summed E-state index contributed by atoms with van der Waals surface area (Å²) < 4.78 is 5.39. The summed E-state index contributed by atoms with van der Waals surface area (Å²) in [6.45, 7) is 28.2. The number of rotatable bonds is 8. The van der Waals surface area contributed by atoms with Gasteiger partial charge >= 0.3 is 25.8 Å². The van der Waals surface area contributed by atoms with Gasteiger partial charge in [0.1, 0.15) is 0 Å². The van der Waals surface area contributed by atoms with Crippen LogP contribution >= 0.6 is 0 Å². The molecule has 2 nitrogen and oxygen atoms in total. The molecule has 0 saturated heterocycles. The molecule has 0 bridgehead atoms. The van der Waals surface area contributed by atoms with Crippen LogP contribution in [-0.2, 0) is 25.8 Å². The number of hydrogen-bond donors (Lipinski definition) is 0. The molecule has 2 aromatic rings. The Morgan fingerprint density at radius 1 is 0.485 bits per heavy atom. The van der Waals surface area contributed by atoms with E-state index in [2.05, 4.69) is 139 Å².